The molecule has 1 aromatic rings. The van der Waals surface area contributed by atoms with E-state index >= 15 is 0 Å². The van der Waals surface area contributed by atoms with Gasteiger partial charge in [-0.25, -0.2) is 0 Å². The van der Waals surface area contributed by atoms with Crippen LogP contribution in [0.25, 0.3) is 0 Å². The molecule has 0 N–H and O–H groups in total. The summed E-state index contributed by atoms with van der Waals surface area (Å²) in [7, 11) is 0. The maximum absolute atomic E-state index is 6.32. The summed E-state index contributed by atoms with van der Waals surface area (Å²) in [5, 5.41) is 3.11. The molecule has 2 rings (SSSR count). The van der Waals surface area contributed by atoms with Gasteiger partial charge in [-0.1, -0.05) is 11.6 Å². The van der Waals surface area contributed by atoms with Crippen LogP contribution in [0.3, 0.4) is 0 Å². The van der Waals surface area contributed by atoms with Gasteiger partial charge in [0.25, 0.3) is 0 Å². The number of allylic oxidation sites excluding steroid dienone is 2. The van der Waals surface area contributed by atoms with Crippen molar-refractivity contribution in [3.05, 3.63) is 32.1 Å². The largest absolute Gasteiger partial charge is 0.265 e. The van der Waals surface area contributed by atoms with Crippen molar-refractivity contribution in [1.82, 2.24) is 0 Å². The highest BCUT2D eigenvalue weighted by Crippen LogP contribution is 2.40. The van der Waals surface area contributed by atoms with Crippen LogP contribution in [0.2, 0.25) is 0 Å². The van der Waals surface area contributed by atoms with Crippen LogP contribution in [0.4, 0.5) is 0 Å². The Morgan fingerprint density at radius 2 is 2.13 bits per heavy atom. The Bertz CT molecular complexity index is 442. The number of nitrogens with zero attached hydrogens (tertiary/aromatic N) is 1. The third kappa shape index (κ3) is 1.88. The van der Waals surface area contributed by atoms with Gasteiger partial charge >= 0.3 is 0 Å². The van der Waals surface area contributed by atoms with Gasteiger partial charge in [-0.15, -0.1) is 11.3 Å². The van der Waals surface area contributed by atoms with Crippen LogP contribution in [0, 0.1) is 13.8 Å². The minimum absolute atomic E-state index is 0.336. The molecule has 1 atom stereocenters. The first-order chi connectivity index (χ1) is 7.11. The molecule has 1 unspecified atom stereocenters. The van der Waals surface area contributed by atoms with E-state index < -0.39 is 0 Å². The van der Waals surface area contributed by atoms with Gasteiger partial charge in [0, 0.05) is 22.0 Å². The number of aryl methyl sites for hydroxylation is 1. The second kappa shape index (κ2) is 4.11. The second-order valence-electron chi connectivity index (χ2n) is 3.94. The van der Waals surface area contributed by atoms with E-state index in [1.54, 1.807) is 0 Å². The Labute approximate surface area is 99.5 Å². The van der Waals surface area contributed by atoms with Crippen molar-refractivity contribution in [2.75, 3.05) is 0 Å². The molecular formula is C12H14ClNS. The molecule has 0 aromatic carbocycles. The first-order valence-corrected chi connectivity index (χ1v) is 6.30. The van der Waals surface area contributed by atoms with Gasteiger partial charge in [0.2, 0.25) is 0 Å². The van der Waals surface area contributed by atoms with E-state index in [-0.39, 0.29) is 0 Å². The molecule has 0 radical (unpaired) electrons. The molecule has 1 nitrogen and oxygen atoms in total. The average molecular weight is 240 g/mol. The van der Waals surface area contributed by atoms with Gasteiger partial charge < -0.3 is 0 Å². The summed E-state index contributed by atoms with van der Waals surface area (Å²) in [5.41, 5.74) is 3.70. The minimum Gasteiger partial charge on any atom is -0.265 e. The van der Waals surface area contributed by atoms with Gasteiger partial charge in [0.1, 0.15) is 0 Å². The summed E-state index contributed by atoms with van der Waals surface area (Å²) < 4.78 is 0. The molecule has 2 heterocycles. The molecule has 0 bridgehead atoms. The molecule has 0 fully saturated rings. The SMILES string of the molecule is CC1=C(Cl)C(c2scc(C)c2C)CC=N1. The first kappa shape index (κ1) is 10.9. The van der Waals surface area contributed by atoms with Gasteiger partial charge in [-0.05, 0) is 43.7 Å². The van der Waals surface area contributed by atoms with E-state index in [0.29, 0.717) is 5.92 Å². The molecule has 0 amide bonds. The normalized spacial score (nSPS) is 21.2. The third-order valence-electron chi connectivity index (χ3n) is 2.92. The summed E-state index contributed by atoms with van der Waals surface area (Å²) in [6.07, 6.45) is 2.90. The van der Waals surface area contributed by atoms with E-state index in [0.717, 1.165) is 17.2 Å². The third-order valence-corrected chi connectivity index (χ3v) is 4.77. The summed E-state index contributed by atoms with van der Waals surface area (Å²) >= 11 is 8.13. The lowest BCUT2D eigenvalue weighted by molar-refractivity contribution is 0.862. The zero-order valence-electron chi connectivity index (χ0n) is 9.17. The summed E-state index contributed by atoms with van der Waals surface area (Å²) in [6.45, 7) is 6.30. The Morgan fingerprint density at radius 3 is 2.73 bits per heavy atom. The molecule has 80 valence electrons. The van der Waals surface area contributed by atoms with E-state index in [2.05, 4.69) is 24.2 Å². The molecular weight excluding hydrogens is 226 g/mol. The van der Waals surface area contributed by atoms with E-state index in [1.165, 1.54) is 16.0 Å². The molecule has 1 aromatic heterocycles. The predicted molar refractivity (Wildman–Crippen MR) is 68.2 cm³/mol. The Morgan fingerprint density at radius 1 is 1.40 bits per heavy atom. The smallest absolute Gasteiger partial charge is 0.0520 e. The Hall–Kier alpha value is -0.600. The Balaban J connectivity index is 2.41. The van der Waals surface area contributed by atoms with Crippen molar-refractivity contribution in [3.8, 4) is 0 Å². The number of hydrogen-bond acceptors (Lipinski definition) is 2. The van der Waals surface area contributed by atoms with Crippen molar-refractivity contribution < 1.29 is 0 Å². The Kier molecular flexibility index (Phi) is 2.98. The minimum atomic E-state index is 0.336. The number of halogens is 1. The molecule has 15 heavy (non-hydrogen) atoms. The highest BCUT2D eigenvalue weighted by Gasteiger charge is 2.22. The molecule has 3 heteroatoms. The number of aliphatic imine (C=N–C) groups is 1. The van der Waals surface area contributed by atoms with E-state index in [1.807, 2.05) is 24.5 Å². The van der Waals surface area contributed by atoms with E-state index in [4.69, 9.17) is 11.6 Å². The lowest BCUT2D eigenvalue weighted by Gasteiger charge is -2.18. The van der Waals surface area contributed by atoms with Crippen molar-refractivity contribution in [2.24, 2.45) is 4.99 Å². The lowest BCUT2D eigenvalue weighted by Crippen LogP contribution is -2.05. The topological polar surface area (TPSA) is 12.4 Å². The van der Waals surface area contributed by atoms with Crippen LogP contribution < -0.4 is 0 Å². The standard InChI is InChI=1S/C12H14ClNS/c1-7-6-15-12(8(7)2)10-4-5-14-9(3)11(10)13/h5-6,10H,4H2,1-3H3. The predicted octanol–water partition coefficient (Wildman–Crippen LogP) is 4.39. The van der Waals surface area contributed by atoms with Gasteiger partial charge in [-0.2, -0.15) is 0 Å². The number of hydrogen-bond donors (Lipinski definition) is 0. The fourth-order valence-electron chi connectivity index (χ4n) is 1.80. The summed E-state index contributed by atoms with van der Waals surface area (Å²) in [6, 6.07) is 0. The maximum atomic E-state index is 6.32. The molecule has 0 spiro atoms. The van der Waals surface area contributed by atoms with Gasteiger partial charge in [0.05, 0.1) is 5.70 Å². The quantitative estimate of drug-likeness (QED) is 0.689. The zero-order valence-corrected chi connectivity index (χ0v) is 10.7. The van der Waals surface area contributed by atoms with Crippen LogP contribution in [0.5, 0.6) is 0 Å². The highest BCUT2D eigenvalue weighted by atomic mass is 35.5. The van der Waals surface area contributed by atoms with Crippen LogP contribution in [-0.4, -0.2) is 6.21 Å². The van der Waals surface area contributed by atoms with Crippen molar-refractivity contribution in [2.45, 2.75) is 33.1 Å². The number of rotatable bonds is 1. The molecule has 0 aliphatic carbocycles. The fourth-order valence-corrected chi connectivity index (χ4v) is 3.31. The summed E-state index contributed by atoms with van der Waals surface area (Å²) in [4.78, 5) is 5.64. The van der Waals surface area contributed by atoms with Crippen LogP contribution in [-0.2, 0) is 0 Å². The second-order valence-corrected chi connectivity index (χ2v) is 5.26. The van der Waals surface area contributed by atoms with Crippen LogP contribution in [0.1, 0.15) is 35.3 Å². The van der Waals surface area contributed by atoms with E-state index in [9.17, 15) is 0 Å². The van der Waals surface area contributed by atoms with Crippen LogP contribution >= 0.6 is 22.9 Å². The van der Waals surface area contributed by atoms with Crippen LogP contribution in [0.15, 0.2) is 21.1 Å². The highest BCUT2D eigenvalue weighted by molar-refractivity contribution is 7.10. The molecule has 1 aliphatic rings. The molecule has 0 saturated heterocycles. The van der Waals surface area contributed by atoms with Crippen molar-refractivity contribution in [1.29, 1.82) is 0 Å². The van der Waals surface area contributed by atoms with Crippen molar-refractivity contribution in [3.63, 3.8) is 0 Å². The first-order valence-electron chi connectivity index (χ1n) is 5.04. The lowest BCUT2D eigenvalue weighted by atomic mass is 9.97. The van der Waals surface area contributed by atoms with Crippen molar-refractivity contribution >= 4 is 29.2 Å². The number of thiophene rings is 1. The zero-order chi connectivity index (χ0) is 11.0. The summed E-state index contributed by atoms with van der Waals surface area (Å²) in [5.74, 6) is 0.336. The van der Waals surface area contributed by atoms with Gasteiger partial charge in [0.15, 0.2) is 0 Å². The monoisotopic (exact) mass is 239 g/mol. The fraction of sp³-hybridized carbons (Fsp3) is 0.417. The molecule has 0 saturated carbocycles. The maximum Gasteiger partial charge on any atom is 0.0520 e. The molecule has 1 aliphatic heterocycles. The van der Waals surface area contributed by atoms with Gasteiger partial charge in [-0.3, -0.25) is 4.99 Å². The average Bonchev–Trinajstić information content (AvgIpc) is 2.53.